The molecule has 1 aliphatic heterocycles. The standard InChI is InChI=1S/C19H18O5S/c1-23-15-10-13(11-16(12-15)24-2)9-14-7-8-25(21,22)18-6-4-3-5-17(18)19(14)20/h3-6,9-12H,7-8H2,1-2H3. The summed E-state index contributed by atoms with van der Waals surface area (Å²) in [5.74, 6) is 0.835. The monoisotopic (exact) mass is 358 g/mol. The summed E-state index contributed by atoms with van der Waals surface area (Å²) >= 11 is 0. The number of rotatable bonds is 3. The number of carbonyl (C=O) groups excluding carboxylic acids is 1. The first-order chi connectivity index (χ1) is 11.9. The highest BCUT2D eigenvalue weighted by molar-refractivity contribution is 7.91. The molecule has 0 atom stereocenters. The van der Waals surface area contributed by atoms with Gasteiger partial charge >= 0.3 is 0 Å². The molecular weight excluding hydrogens is 340 g/mol. The second kappa shape index (κ2) is 6.72. The number of sulfone groups is 1. The SMILES string of the molecule is COc1cc(C=C2CCS(=O)(=O)c3ccccc3C2=O)cc(OC)c1. The number of Topliss-reactive ketones (excluding diaryl/α,β-unsaturated/α-hetero) is 1. The van der Waals surface area contributed by atoms with Crippen LogP contribution in [0.15, 0.2) is 52.9 Å². The van der Waals surface area contributed by atoms with Gasteiger partial charge in [-0.25, -0.2) is 8.42 Å². The fraction of sp³-hybridized carbons (Fsp3) is 0.211. The molecule has 130 valence electrons. The molecule has 0 aromatic heterocycles. The van der Waals surface area contributed by atoms with Crippen LogP contribution in [0.5, 0.6) is 11.5 Å². The number of ether oxygens (including phenoxy) is 2. The van der Waals surface area contributed by atoms with E-state index in [1.807, 2.05) is 0 Å². The van der Waals surface area contributed by atoms with Crippen LogP contribution in [0, 0.1) is 0 Å². The Morgan fingerprint density at radius 2 is 1.64 bits per heavy atom. The topological polar surface area (TPSA) is 69.7 Å². The van der Waals surface area contributed by atoms with Crippen LogP contribution in [-0.2, 0) is 9.84 Å². The lowest BCUT2D eigenvalue weighted by molar-refractivity contribution is 0.103. The minimum absolute atomic E-state index is 0.0946. The van der Waals surface area contributed by atoms with Crippen LogP contribution in [0.1, 0.15) is 22.3 Å². The van der Waals surface area contributed by atoms with E-state index < -0.39 is 9.84 Å². The van der Waals surface area contributed by atoms with Gasteiger partial charge in [-0.2, -0.15) is 0 Å². The molecule has 5 nitrogen and oxygen atoms in total. The Labute approximate surface area is 146 Å². The number of ketones is 1. The largest absolute Gasteiger partial charge is 0.497 e. The molecule has 25 heavy (non-hydrogen) atoms. The van der Waals surface area contributed by atoms with E-state index in [-0.39, 0.29) is 28.4 Å². The van der Waals surface area contributed by atoms with Crippen molar-refractivity contribution in [3.05, 3.63) is 59.2 Å². The maximum Gasteiger partial charge on any atom is 0.190 e. The van der Waals surface area contributed by atoms with Crippen LogP contribution in [-0.4, -0.2) is 34.2 Å². The lowest BCUT2D eigenvalue weighted by Gasteiger charge is -2.08. The van der Waals surface area contributed by atoms with Gasteiger partial charge in [-0.3, -0.25) is 4.79 Å². The van der Waals surface area contributed by atoms with Gasteiger partial charge in [0.05, 0.1) is 24.9 Å². The summed E-state index contributed by atoms with van der Waals surface area (Å²) in [5, 5.41) is 0. The van der Waals surface area contributed by atoms with Crippen molar-refractivity contribution in [3.8, 4) is 11.5 Å². The van der Waals surface area contributed by atoms with Crippen molar-refractivity contribution in [1.29, 1.82) is 0 Å². The molecule has 0 radical (unpaired) electrons. The number of allylic oxidation sites excluding steroid dienone is 1. The summed E-state index contributed by atoms with van der Waals surface area (Å²) in [6, 6.07) is 11.6. The van der Waals surface area contributed by atoms with Crippen molar-refractivity contribution in [2.24, 2.45) is 0 Å². The van der Waals surface area contributed by atoms with Gasteiger partial charge in [0.2, 0.25) is 0 Å². The Morgan fingerprint density at radius 1 is 1.00 bits per heavy atom. The number of benzene rings is 2. The highest BCUT2D eigenvalue weighted by atomic mass is 32.2. The first kappa shape index (κ1) is 17.2. The minimum Gasteiger partial charge on any atom is -0.497 e. The number of fused-ring (bicyclic) bond motifs is 1. The summed E-state index contributed by atoms with van der Waals surface area (Å²) in [6.45, 7) is 0. The second-order valence-corrected chi connectivity index (χ2v) is 7.79. The van der Waals surface area contributed by atoms with E-state index in [2.05, 4.69) is 0 Å². The van der Waals surface area contributed by atoms with E-state index in [0.29, 0.717) is 17.1 Å². The summed E-state index contributed by atoms with van der Waals surface area (Å²) in [7, 11) is -0.379. The fourth-order valence-electron chi connectivity index (χ4n) is 2.82. The van der Waals surface area contributed by atoms with Crippen molar-refractivity contribution in [3.63, 3.8) is 0 Å². The summed E-state index contributed by atoms with van der Waals surface area (Å²) in [4.78, 5) is 12.9. The Kier molecular flexibility index (Phi) is 4.63. The second-order valence-electron chi connectivity index (χ2n) is 5.71. The Bertz CT molecular complexity index is 935. The van der Waals surface area contributed by atoms with Crippen LogP contribution in [0.3, 0.4) is 0 Å². The molecule has 0 spiro atoms. The quantitative estimate of drug-likeness (QED) is 0.789. The third kappa shape index (κ3) is 3.44. The molecule has 0 amide bonds. The number of hydrogen-bond donors (Lipinski definition) is 0. The van der Waals surface area contributed by atoms with E-state index >= 15 is 0 Å². The van der Waals surface area contributed by atoms with Crippen molar-refractivity contribution in [2.75, 3.05) is 20.0 Å². The normalized spacial score (nSPS) is 17.7. The summed E-state index contributed by atoms with van der Waals surface area (Å²) in [5.41, 5.74) is 1.39. The van der Waals surface area contributed by atoms with Gasteiger partial charge in [-0.15, -0.1) is 0 Å². The zero-order valence-corrected chi connectivity index (χ0v) is 14.8. The smallest absolute Gasteiger partial charge is 0.190 e. The molecule has 0 saturated heterocycles. The molecule has 2 aromatic rings. The van der Waals surface area contributed by atoms with E-state index in [9.17, 15) is 13.2 Å². The molecule has 1 heterocycles. The van der Waals surface area contributed by atoms with Gasteiger partial charge in [0, 0.05) is 17.2 Å². The third-order valence-electron chi connectivity index (χ3n) is 4.11. The van der Waals surface area contributed by atoms with E-state index in [1.165, 1.54) is 6.07 Å². The molecule has 0 saturated carbocycles. The van der Waals surface area contributed by atoms with Crippen molar-refractivity contribution < 1.29 is 22.7 Å². The van der Waals surface area contributed by atoms with Crippen molar-refractivity contribution in [1.82, 2.24) is 0 Å². The van der Waals surface area contributed by atoms with Gasteiger partial charge in [-0.05, 0) is 42.3 Å². The Balaban J connectivity index is 2.10. The predicted octanol–water partition coefficient (Wildman–Crippen LogP) is 3.15. The van der Waals surface area contributed by atoms with E-state index in [1.54, 1.807) is 56.7 Å². The lowest BCUT2D eigenvalue weighted by atomic mass is 9.99. The molecule has 0 unspecified atom stereocenters. The molecule has 0 bridgehead atoms. The van der Waals surface area contributed by atoms with Crippen LogP contribution in [0.2, 0.25) is 0 Å². The highest BCUT2D eigenvalue weighted by Crippen LogP contribution is 2.30. The van der Waals surface area contributed by atoms with E-state index in [4.69, 9.17) is 9.47 Å². The third-order valence-corrected chi connectivity index (χ3v) is 5.88. The number of carbonyl (C=O) groups is 1. The maximum atomic E-state index is 12.8. The van der Waals surface area contributed by atoms with E-state index in [0.717, 1.165) is 5.56 Å². The number of methoxy groups -OCH3 is 2. The highest BCUT2D eigenvalue weighted by Gasteiger charge is 2.28. The first-order valence-corrected chi connectivity index (χ1v) is 9.40. The molecule has 1 aliphatic rings. The zero-order chi connectivity index (χ0) is 18.0. The van der Waals surface area contributed by atoms with Crippen LogP contribution in [0.4, 0.5) is 0 Å². The average molecular weight is 358 g/mol. The Morgan fingerprint density at radius 3 is 2.28 bits per heavy atom. The zero-order valence-electron chi connectivity index (χ0n) is 14.0. The van der Waals surface area contributed by atoms with Gasteiger partial charge < -0.3 is 9.47 Å². The number of hydrogen-bond acceptors (Lipinski definition) is 5. The minimum atomic E-state index is -3.47. The molecule has 6 heteroatoms. The summed E-state index contributed by atoms with van der Waals surface area (Å²) in [6.07, 6.45) is 1.86. The van der Waals surface area contributed by atoms with Gasteiger partial charge in [0.15, 0.2) is 15.6 Å². The molecule has 0 aliphatic carbocycles. The molecule has 0 fully saturated rings. The molecular formula is C19H18O5S. The van der Waals surface area contributed by atoms with Gasteiger partial charge in [-0.1, -0.05) is 12.1 Å². The summed E-state index contributed by atoms with van der Waals surface area (Å²) < 4.78 is 35.3. The molecule has 2 aromatic carbocycles. The lowest BCUT2D eigenvalue weighted by Crippen LogP contribution is -2.06. The van der Waals surface area contributed by atoms with Crippen molar-refractivity contribution in [2.45, 2.75) is 11.3 Å². The van der Waals surface area contributed by atoms with Gasteiger partial charge in [0.25, 0.3) is 0 Å². The van der Waals surface area contributed by atoms with Crippen LogP contribution < -0.4 is 9.47 Å². The first-order valence-electron chi connectivity index (χ1n) is 7.75. The van der Waals surface area contributed by atoms with Crippen LogP contribution in [0.25, 0.3) is 6.08 Å². The van der Waals surface area contributed by atoms with Crippen LogP contribution >= 0.6 is 0 Å². The Hall–Kier alpha value is -2.60. The predicted molar refractivity (Wildman–Crippen MR) is 95.0 cm³/mol. The average Bonchev–Trinajstić information content (AvgIpc) is 2.72. The van der Waals surface area contributed by atoms with Gasteiger partial charge in [0.1, 0.15) is 11.5 Å². The molecule has 0 N–H and O–H groups in total. The van der Waals surface area contributed by atoms with Crippen molar-refractivity contribution >= 4 is 21.7 Å². The fourth-order valence-corrected chi connectivity index (χ4v) is 4.31. The molecule has 3 rings (SSSR count). The maximum absolute atomic E-state index is 12.8.